The molecule has 26 heavy (non-hydrogen) atoms. The van der Waals surface area contributed by atoms with E-state index >= 15 is 0 Å². The van der Waals surface area contributed by atoms with Crippen LogP contribution in [0.5, 0.6) is 0 Å². The highest BCUT2D eigenvalue weighted by molar-refractivity contribution is 5.82. The van der Waals surface area contributed by atoms with E-state index in [0.717, 1.165) is 25.7 Å². The molecule has 1 rings (SSSR count). The number of carbonyl (C=O) groups is 2. The van der Waals surface area contributed by atoms with Crippen LogP contribution in [-0.2, 0) is 19.1 Å². The van der Waals surface area contributed by atoms with Crippen LogP contribution in [0.2, 0.25) is 0 Å². The minimum Gasteiger partial charge on any atom is -0.465 e. The van der Waals surface area contributed by atoms with Gasteiger partial charge in [-0.1, -0.05) is 49.3 Å². The summed E-state index contributed by atoms with van der Waals surface area (Å²) in [5, 5.41) is 0. The smallest absolute Gasteiger partial charge is 0.309 e. The number of hydrogen-bond acceptors (Lipinski definition) is 4. The van der Waals surface area contributed by atoms with Gasteiger partial charge in [0.25, 0.3) is 0 Å². The fourth-order valence-electron chi connectivity index (χ4n) is 2.98. The Hall–Kier alpha value is -2.10. The van der Waals surface area contributed by atoms with Gasteiger partial charge in [0.15, 0.2) is 0 Å². The first-order chi connectivity index (χ1) is 12.7. The minimum absolute atomic E-state index is 0.269. The van der Waals surface area contributed by atoms with E-state index in [-0.39, 0.29) is 23.8 Å². The van der Waals surface area contributed by atoms with Gasteiger partial charge < -0.3 is 9.47 Å². The molecule has 0 spiro atoms. The van der Waals surface area contributed by atoms with E-state index in [1.54, 1.807) is 0 Å². The van der Waals surface area contributed by atoms with E-state index in [2.05, 4.69) is 13.2 Å². The zero-order chi connectivity index (χ0) is 19.0. The molecule has 0 aromatic carbocycles. The van der Waals surface area contributed by atoms with Crippen molar-refractivity contribution in [2.45, 2.75) is 51.4 Å². The van der Waals surface area contributed by atoms with Crippen LogP contribution >= 0.6 is 0 Å². The van der Waals surface area contributed by atoms with Gasteiger partial charge in [0.1, 0.15) is 0 Å². The second-order valence-corrected chi connectivity index (χ2v) is 6.40. The fourth-order valence-corrected chi connectivity index (χ4v) is 2.98. The molecule has 1 fully saturated rings. The fraction of sp³-hybridized carbons (Fsp3) is 0.545. The normalized spacial score (nSPS) is 20.2. The van der Waals surface area contributed by atoms with Crippen molar-refractivity contribution in [3.63, 3.8) is 0 Å². The summed E-state index contributed by atoms with van der Waals surface area (Å²) in [4.78, 5) is 24.7. The number of esters is 2. The molecule has 2 atom stereocenters. The third-order valence-corrected chi connectivity index (χ3v) is 4.37. The Kier molecular flexibility index (Phi) is 11.9. The number of rotatable bonds is 12. The summed E-state index contributed by atoms with van der Waals surface area (Å²) >= 11 is 0. The molecule has 0 heterocycles. The Morgan fingerprint density at radius 1 is 0.769 bits per heavy atom. The summed E-state index contributed by atoms with van der Waals surface area (Å²) in [5.41, 5.74) is 0. The standard InChI is InChI=1S/C22H32O4/c1-3-5-7-9-13-17-25-21(23)19-15-11-12-16-20(19)22(24)26-18-14-10-8-6-4-2/h3-4,7-10,19-20H,1-2,5-6,11-18H2. The molecule has 144 valence electrons. The molecule has 0 N–H and O–H groups in total. The second-order valence-electron chi connectivity index (χ2n) is 6.40. The van der Waals surface area contributed by atoms with Crippen molar-refractivity contribution in [3.8, 4) is 0 Å². The first-order valence-electron chi connectivity index (χ1n) is 9.55. The zero-order valence-electron chi connectivity index (χ0n) is 15.7. The van der Waals surface area contributed by atoms with Crippen molar-refractivity contribution < 1.29 is 19.1 Å². The minimum atomic E-state index is -0.371. The molecule has 4 heteroatoms. The summed E-state index contributed by atoms with van der Waals surface area (Å²) in [6.07, 6.45) is 17.8. The molecule has 0 amide bonds. The lowest BCUT2D eigenvalue weighted by molar-refractivity contribution is -0.162. The van der Waals surface area contributed by atoms with Gasteiger partial charge in [0.2, 0.25) is 0 Å². The van der Waals surface area contributed by atoms with Crippen molar-refractivity contribution in [3.05, 3.63) is 49.6 Å². The molecule has 0 aromatic heterocycles. The Morgan fingerprint density at radius 2 is 1.19 bits per heavy atom. The van der Waals surface area contributed by atoms with Crippen LogP contribution in [0.4, 0.5) is 0 Å². The lowest BCUT2D eigenvalue weighted by Crippen LogP contribution is -2.35. The van der Waals surface area contributed by atoms with Gasteiger partial charge in [-0.3, -0.25) is 9.59 Å². The van der Waals surface area contributed by atoms with E-state index in [1.807, 2.05) is 36.5 Å². The number of hydrogen-bond donors (Lipinski definition) is 0. The van der Waals surface area contributed by atoms with E-state index in [4.69, 9.17) is 9.47 Å². The van der Waals surface area contributed by atoms with Crippen LogP contribution in [0.3, 0.4) is 0 Å². The molecular formula is C22H32O4. The molecule has 0 bridgehead atoms. The lowest BCUT2D eigenvalue weighted by Gasteiger charge is -2.28. The molecule has 2 unspecified atom stereocenters. The summed E-state index contributed by atoms with van der Waals surface area (Å²) in [6.45, 7) is 7.98. The number of carbonyl (C=O) groups excluding carboxylic acids is 2. The summed E-state index contributed by atoms with van der Waals surface area (Å²) in [5.74, 6) is -1.28. The average Bonchev–Trinajstić information content (AvgIpc) is 2.67. The second kappa shape index (κ2) is 14.1. The van der Waals surface area contributed by atoms with Gasteiger partial charge >= 0.3 is 11.9 Å². The number of allylic oxidation sites excluding steroid dienone is 4. The van der Waals surface area contributed by atoms with Crippen molar-refractivity contribution in [1.82, 2.24) is 0 Å². The third-order valence-electron chi connectivity index (χ3n) is 4.37. The zero-order valence-corrected chi connectivity index (χ0v) is 15.7. The third kappa shape index (κ3) is 8.84. The molecule has 4 nitrogen and oxygen atoms in total. The van der Waals surface area contributed by atoms with Gasteiger partial charge in [-0.2, -0.15) is 0 Å². The molecule has 0 saturated heterocycles. The maximum Gasteiger partial charge on any atom is 0.309 e. The highest BCUT2D eigenvalue weighted by atomic mass is 16.5. The SMILES string of the molecule is C=CCC=CCCOC(=O)C1CCCCC1C(=O)OCCC=CCC=C. The first-order valence-corrected chi connectivity index (χ1v) is 9.55. The van der Waals surface area contributed by atoms with Gasteiger partial charge in [-0.05, 0) is 38.5 Å². The van der Waals surface area contributed by atoms with E-state index in [9.17, 15) is 9.59 Å². The van der Waals surface area contributed by atoms with Gasteiger partial charge in [0.05, 0.1) is 25.0 Å². The highest BCUT2D eigenvalue weighted by Crippen LogP contribution is 2.32. The maximum absolute atomic E-state index is 12.4. The molecule has 1 saturated carbocycles. The van der Waals surface area contributed by atoms with Crippen LogP contribution in [0.25, 0.3) is 0 Å². The molecule has 0 aliphatic heterocycles. The van der Waals surface area contributed by atoms with Crippen LogP contribution in [0, 0.1) is 11.8 Å². The Labute approximate surface area is 157 Å². The molecule has 1 aliphatic rings. The maximum atomic E-state index is 12.4. The quantitative estimate of drug-likeness (QED) is 0.281. The summed E-state index contributed by atoms with van der Waals surface area (Å²) in [6, 6.07) is 0. The van der Waals surface area contributed by atoms with Crippen LogP contribution in [-0.4, -0.2) is 25.2 Å². The van der Waals surface area contributed by atoms with Gasteiger partial charge in [-0.25, -0.2) is 0 Å². The van der Waals surface area contributed by atoms with Gasteiger partial charge in [-0.15, -0.1) is 13.2 Å². The predicted octanol–water partition coefficient (Wildman–Crippen LogP) is 4.92. The van der Waals surface area contributed by atoms with Crippen LogP contribution < -0.4 is 0 Å². The Balaban J connectivity index is 2.39. The molecule has 0 aromatic rings. The van der Waals surface area contributed by atoms with E-state index in [1.165, 1.54) is 0 Å². The van der Waals surface area contributed by atoms with Crippen molar-refractivity contribution in [1.29, 1.82) is 0 Å². The van der Waals surface area contributed by atoms with Crippen molar-refractivity contribution in [2.75, 3.05) is 13.2 Å². The van der Waals surface area contributed by atoms with Crippen molar-refractivity contribution >= 4 is 11.9 Å². The molecule has 1 aliphatic carbocycles. The van der Waals surface area contributed by atoms with E-state index < -0.39 is 0 Å². The highest BCUT2D eigenvalue weighted by Gasteiger charge is 2.37. The van der Waals surface area contributed by atoms with Gasteiger partial charge in [0, 0.05) is 0 Å². The Morgan fingerprint density at radius 3 is 1.58 bits per heavy atom. The van der Waals surface area contributed by atoms with Crippen LogP contribution in [0.1, 0.15) is 51.4 Å². The van der Waals surface area contributed by atoms with E-state index in [0.29, 0.717) is 38.9 Å². The Bertz CT molecular complexity index is 458. The summed E-state index contributed by atoms with van der Waals surface area (Å²) < 4.78 is 10.7. The van der Waals surface area contributed by atoms with Crippen molar-refractivity contribution in [2.24, 2.45) is 11.8 Å². The molecule has 0 radical (unpaired) electrons. The lowest BCUT2D eigenvalue weighted by atomic mass is 9.79. The summed E-state index contributed by atoms with van der Waals surface area (Å²) in [7, 11) is 0. The number of ether oxygens (including phenoxy) is 2. The largest absolute Gasteiger partial charge is 0.465 e. The molecular weight excluding hydrogens is 328 g/mol. The first kappa shape index (κ1) is 21.9. The van der Waals surface area contributed by atoms with Crippen LogP contribution in [0.15, 0.2) is 49.6 Å². The average molecular weight is 360 g/mol. The topological polar surface area (TPSA) is 52.6 Å². The monoisotopic (exact) mass is 360 g/mol. The predicted molar refractivity (Wildman–Crippen MR) is 105 cm³/mol.